The first-order chi connectivity index (χ1) is 13.4. The number of amides is 1. The van der Waals surface area contributed by atoms with E-state index in [9.17, 15) is 4.79 Å². The maximum Gasteiger partial charge on any atom is 0.209 e. The van der Waals surface area contributed by atoms with E-state index in [4.69, 9.17) is 16.6 Å². The molecule has 0 bridgehead atoms. The number of fused-ring (bicyclic) bond motifs is 1. The number of para-hydroxylation sites is 1. The summed E-state index contributed by atoms with van der Waals surface area (Å²) in [5.74, 6) is 0.719. The molecule has 2 aromatic carbocycles. The second-order valence-electron chi connectivity index (χ2n) is 6.35. The van der Waals surface area contributed by atoms with Crippen LogP contribution in [0.5, 0.6) is 0 Å². The van der Waals surface area contributed by atoms with Crippen molar-refractivity contribution in [2.24, 2.45) is 5.10 Å². The van der Waals surface area contributed by atoms with Crippen LogP contribution in [0.25, 0.3) is 11.0 Å². The quantitative estimate of drug-likeness (QED) is 0.300. The van der Waals surface area contributed by atoms with Gasteiger partial charge in [0.1, 0.15) is 11.3 Å². The average molecular weight is 397 g/mol. The molecular weight excluding hydrogens is 372 g/mol. The maximum atomic E-state index is 9.43. The molecule has 0 saturated carbocycles. The maximum absolute atomic E-state index is 9.43. The number of nitrogens with one attached hydrogen (secondary N) is 2. The Bertz CT molecular complexity index is 929. The summed E-state index contributed by atoms with van der Waals surface area (Å²) in [7, 11) is 3.38. The van der Waals surface area contributed by atoms with E-state index >= 15 is 0 Å². The van der Waals surface area contributed by atoms with Crippen LogP contribution in [0.2, 0.25) is 0 Å². The first-order valence-electron chi connectivity index (χ1n) is 8.67. The van der Waals surface area contributed by atoms with Crippen LogP contribution in [0.15, 0.2) is 64.1 Å². The minimum atomic E-state index is 0.435. The smallest absolute Gasteiger partial charge is 0.209 e. The summed E-state index contributed by atoms with van der Waals surface area (Å²) in [5, 5.41) is 8.85. The second kappa shape index (κ2) is 10.2. The number of hydrogen-bond donors (Lipinski definition) is 2. The summed E-state index contributed by atoms with van der Waals surface area (Å²) in [6.45, 7) is 3.92. The van der Waals surface area contributed by atoms with E-state index in [1.165, 1.54) is 10.5 Å². The van der Waals surface area contributed by atoms with Crippen molar-refractivity contribution >= 4 is 46.1 Å². The molecule has 6 nitrogen and oxygen atoms in total. The Morgan fingerprint density at radius 3 is 2.39 bits per heavy atom. The van der Waals surface area contributed by atoms with Crippen LogP contribution >= 0.6 is 12.2 Å². The van der Waals surface area contributed by atoms with E-state index in [-0.39, 0.29) is 0 Å². The summed E-state index contributed by atoms with van der Waals surface area (Å²) < 4.78 is 5.76. The van der Waals surface area contributed by atoms with Gasteiger partial charge >= 0.3 is 0 Å². The molecule has 0 aliphatic heterocycles. The molecule has 7 heteroatoms. The normalized spacial score (nSPS) is 10.6. The fourth-order valence-corrected chi connectivity index (χ4v) is 2.31. The molecule has 0 aliphatic rings. The number of thiocarbonyl (C=S) groups is 1. The van der Waals surface area contributed by atoms with E-state index in [1.807, 2.05) is 68.4 Å². The zero-order valence-electron chi connectivity index (χ0n) is 16.4. The van der Waals surface area contributed by atoms with Crippen LogP contribution in [-0.2, 0) is 4.79 Å². The molecule has 1 aromatic heterocycles. The van der Waals surface area contributed by atoms with Crippen molar-refractivity contribution in [2.75, 3.05) is 19.4 Å². The van der Waals surface area contributed by atoms with Crippen LogP contribution in [0, 0.1) is 6.92 Å². The molecule has 1 amide bonds. The van der Waals surface area contributed by atoms with Crippen molar-refractivity contribution in [1.29, 1.82) is 0 Å². The van der Waals surface area contributed by atoms with E-state index < -0.39 is 0 Å². The third kappa shape index (κ3) is 6.51. The van der Waals surface area contributed by atoms with Crippen LogP contribution in [0.3, 0.4) is 0 Å². The molecule has 0 spiro atoms. The van der Waals surface area contributed by atoms with Crippen LogP contribution in [0.1, 0.15) is 18.2 Å². The third-order valence-electron chi connectivity index (χ3n) is 3.63. The largest absolute Gasteiger partial charge is 0.455 e. The third-order valence-corrected chi connectivity index (χ3v) is 3.82. The van der Waals surface area contributed by atoms with Gasteiger partial charge in [-0.25, -0.2) is 0 Å². The number of aryl methyl sites for hydroxylation is 1. The minimum absolute atomic E-state index is 0.435. The lowest BCUT2D eigenvalue weighted by atomic mass is 10.2. The molecule has 3 aromatic rings. The van der Waals surface area contributed by atoms with E-state index in [2.05, 4.69) is 15.8 Å². The molecule has 0 atom stereocenters. The first-order valence-corrected chi connectivity index (χ1v) is 9.08. The van der Waals surface area contributed by atoms with Crippen LogP contribution in [0.4, 0.5) is 5.69 Å². The highest BCUT2D eigenvalue weighted by Gasteiger charge is 2.06. The summed E-state index contributed by atoms with van der Waals surface area (Å²) in [6, 6.07) is 17.8. The van der Waals surface area contributed by atoms with Crippen LogP contribution < -0.4 is 10.7 Å². The molecule has 1 heterocycles. The van der Waals surface area contributed by atoms with Crippen LogP contribution in [-0.4, -0.2) is 36.2 Å². The lowest BCUT2D eigenvalue weighted by Crippen LogP contribution is -2.24. The van der Waals surface area contributed by atoms with Gasteiger partial charge in [0.15, 0.2) is 10.9 Å². The fourth-order valence-electron chi connectivity index (χ4n) is 2.15. The molecule has 146 valence electrons. The van der Waals surface area contributed by atoms with E-state index in [0.29, 0.717) is 5.11 Å². The number of rotatable bonds is 4. The van der Waals surface area contributed by atoms with E-state index in [1.54, 1.807) is 14.1 Å². The summed E-state index contributed by atoms with van der Waals surface area (Å²) in [5.41, 5.74) is 6.54. The van der Waals surface area contributed by atoms with Crippen molar-refractivity contribution in [1.82, 2.24) is 10.3 Å². The van der Waals surface area contributed by atoms with Gasteiger partial charge in [0.25, 0.3) is 0 Å². The van der Waals surface area contributed by atoms with Gasteiger partial charge in [-0.15, -0.1) is 0 Å². The number of benzene rings is 2. The highest BCUT2D eigenvalue weighted by molar-refractivity contribution is 7.80. The molecule has 0 saturated heterocycles. The molecular formula is C21H24N4O2S. The minimum Gasteiger partial charge on any atom is -0.455 e. The Kier molecular flexibility index (Phi) is 7.71. The molecule has 0 radical (unpaired) electrons. The SMILES string of the molecule is CC(=NNC(=S)Nc1ccc(C)cc1)c1cc2ccccc2o1.CN(C)C=O. The number of hydrazone groups is 1. The van der Waals surface area contributed by atoms with Gasteiger partial charge in [0.05, 0.1) is 0 Å². The van der Waals surface area contributed by atoms with Crippen molar-refractivity contribution in [3.8, 4) is 0 Å². The number of carbonyl (C=O) groups excluding carboxylic acids is 1. The zero-order chi connectivity index (χ0) is 20.5. The second-order valence-corrected chi connectivity index (χ2v) is 6.75. The Labute approximate surface area is 170 Å². The molecule has 0 fully saturated rings. The highest BCUT2D eigenvalue weighted by Crippen LogP contribution is 2.19. The molecule has 28 heavy (non-hydrogen) atoms. The van der Waals surface area contributed by atoms with Crippen molar-refractivity contribution in [3.05, 3.63) is 65.9 Å². The summed E-state index contributed by atoms with van der Waals surface area (Å²) in [4.78, 5) is 10.9. The van der Waals surface area contributed by atoms with Crippen molar-refractivity contribution in [3.63, 3.8) is 0 Å². The number of carbonyl (C=O) groups is 1. The number of nitrogens with zero attached hydrogens (tertiary/aromatic N) is 2. The zero-order valence-corrected chi connectivity index (χ0v) is 17.2. The van der Waals surface area contributed by atoms with Gasteiger partial charge in [0.2, 0.25) is 6.41 Å². The monoisotopic (exact) mass is 396 g/mol. The number of furan rings is 1. The lowest BCUT2D eigenvalue weighted by Gasteiger charge is -2.07. The predicted octanol–water partition coefficient (Wildman–Crippen LogP) is 4.16. The van der Waals surface area contributed by atoms with Gasteiger partial charge in [-0.05, 0) is 50.3 Å². The molecule has 0 aliphatic carbocycles. The lowest BCUT2D eigenvalue weighted by molar-refractivity contribution is -0.115. The number of hydrogen-bond acceptors (Lipinski definition) is 4. The summed E-state index contributed by atoms with van der Waals surface area (Å²) >= 11 is 5.24. The average Bonchev–Trinajstić information content (AvgIpc) is 3.12. The fraction of sp³-hybridized carbons (Fsp3) is 0.190. The molecule has 2 N–H and O–H groups in total. The topological polar surface area (TPSA) is 69.9 Å². The number of anilines is 1. The first kappa shape index (κ1) is 21.1. The van der Waals surface area contributed by atoms with Gasteiger partial charge < -0.3 is 14.6 Å². The Hall–Kier alpha value is -3.19. The van der Waals surface area contributed by atoms with Crippen molar-refractivity contribution < 1.29 is 9.21 Å². The van der Waals surface area contributed by atoms with E-state index in [0.717, 1.165) is 34.5 Å². The Balaban J connectivity index is 0.000000500. The summed E-state index contributed by atoms with van der Waals surface area (Å²) in [6.07, 6.45) is 0.750. The Morgan fingerprint density at radius 2 is 1.79 bits per heavy atom. The van der Waals surface area contributed by atoms with Crippen molar-refractivity contribution in [2.45, 2.75) is 13.8 Å². The molecule has 0 unspecified atom stereocenters. The van der Waals surface area contributed by atoms with Gasteiger partial charge in [-0.1, -0.05) is 35.9 Å². The standard InChI is InChI=1S/C18H17N3OS.C3H7NO/c1-12-7-9-15(10-8-12)19-18(23)21-20-13(2)17-11-14-5-3-4-6-16(14)22-17;1-4(2)3-5/h3-11H,1-2H3,(H2,19,21,23);3H,1-2H3. The van der Waals surface area contributed by atoms with Gasteiger partial charge in [-0.2, -0.15) is 5.10 Å². The predicted molar refractivity (Wildman–Crippen MR) is 119 cm³/mol. The molecule has 3 rings (SSSR count). The van der Waals surface area contributed by atoms with Gasteiger partial charge in [0, 0.05) is 25.2 Å². The van der Waals surface area contributed by atoms with Gasteiger partial charge in [-0.3, -0.25) is 10.2 Å². The highest BCUT2D eigenvalue weighted by atomic mass is 32.1. The Morgan fingerprint density at radius 1 is 1.14 bits per heavy atom.